The van der Waals surface area contributed by atoms with E-state index in [-0.39, 0.29) is 5.75 Å². The highest BCUT2D eigenvalue weighted by atomic mass is 16.5. The fraction of sp³-hybridized carbons (Fsp3) is 0.533. The van der Waals surface area contributed by atoms with Crippen molar-refractivity contribution < 1.29 is 19.7 Å². The minimum absolute atomic E-state index is 0.218. The van der Waals surface area contributed by atoms with Gasteiger partial charge >= 0.3 is 5.97 Å². The number of piperidine rings is 1. The monoisotopic (exact) mass is 279 g/mol. The van der Waals surface area contributed by atoms with Crippen molar-refractivity contribution in [2.45, 2.75) is 26.3 Å². The zero-order valence-corrected chi connectivity index (χ0v) is 11.9. The fourth-order valence-electron chi connectivity index (χ4n) is 2.46. The molecule has 0 saturated carbocycles. The maximum atomic E-state index is 11.2. The van der Waals surface area contributed by atoms with Crippen molar-refractivity contribution in [2.24, 2.45) is 5.41 Å². The quantitative estimate of drug-likeness (QED) is 0.883. The molecule has 1 aromatic rings. The van der Waals surface area contributed by atoms with Gasteiger partial charge in [0.2, 0.25) is 0 Å². The van der Waals surface area contributed by atoms with E-state index in [1.54, 1.807) is 20.1 Å². The fourth-order valence-corrected chi connectivity index (χ4v) is 2.46. The molecular formula is C15H21NO4. The Morgan fingerprint density at radius 1 is 1.40 bits per heavy atom. The number of nitrogens with zero attached hydrogens (tertiary/aromatic N) is 1. The number of benzene rings is 1. The molecule has 1 aromatic carbocycles. The van der Waals surface area contributed by atoms with Gasteiger partial charge in [-0.3, -0.25) is 9.69 Å². The molecule has 0 bridgehead atoms. The van der Waals surface area contributed by atoms with Crippen LogP contribution in [0.15, 0.2) is 18.2 Å². The first-order valence-corrected chi connectivity index (χ1v) is 6.76. The van der Waals surface area contributed by atoms with Crippen molar-refractivity contribution in [2.75, 3.05) is 20.2 Å². The van der Waals surface area contributed by atoms with Gasteiger partial charge in [-0.1, -0.05) is 6.07 Å². The predicted octanol–water partition coefficient (Wildman–Crippen LogP) is 2.09. The highest BCUT2D eigenvalue weighted by molar-refractivity contribution is 5.74. The van der Waals surface area contributed by atoms with Crippen molar-refractivity contribution in [1.29, 1.82) is 0 Å². The van der Waals surface area contributed by atoms with Crippen LogP contribution in [0.1, 0.15) is 25.3 Å². The number of aliphatic carboxylic acids is 1. The second-order valence-corrected chi connectivity index (χ2v) is 5.64. The van der Waals surface area contributed by atoms with E-state index >= 15 is 0 Å². The van der Waals surface area contributed by atoms with Crippen LogP contribution >= 0.6 is 0 Å². The number of carboxylic acids is 1. The van der Waals surface area contributed by atoms with E-state index in [2.05, 4.69) is 4.90 Å². The lowest BCUT2D eigenvalue weighted by molar-refractivity contribution is -0.150. The molecule has 0 aromatic heterocycles. The summed E-state index contributed by atoms with van der Waals surface area (Å²) in [4.78, 5) is 13.4. The molecule has 5 heteroatoms. The summed E-state index contributed by atoms with van der Waals surface area (Å²) in [5.74, 6) is 0.128. The summed E-state index contributed by atoms with van der Waals surface area (Å²) in [5, 5.41) is 19.1. The molecule has 0 aliphatic carbocycles. The SMILES string of the molecule is COc1ccc(CN2CCC(C)(C(=O)O)CC2)c(O)c1. The highest BCUT2D eigenvalue weighted by Crippen LogP contribution is 2.32. The lowest BCUT2D eigenvalue weighted by Crippen LogP contribution is -2.42. The van der Waals surface area contributed by atoms with Gasteiger partial charge in [-0.15, -0.1) is 0 Å². The van der Waals surface area contributed by atoms with Gasteiger partial charge in [0.1, 0.15) is 11.5 Å². The Bertz CT molecular complexity index is 493. The number of carboxylic acid groups (broad SMARTS) is 1. The lowest BCUT2D eigenvalue weighted by atomic mass is 9.80. The Balaban J connectivity index is 1.98. The van der Waals surface area contributed by atoms with Crippen molar-refractivity contribution in [1.82, 2.24) is 4.90 Å². The van der Waals surface area contributed by atoms with E-state index in [0.29, 0.717) is 25.1 Å². The summed E-state index contributed by atoms with van der Waals surface area (Å²) in [5.41, 5.74) is 0.225. The number of hydrogen-bond donors (Lipinski definition) is 2. The Kier molecular flexibility index (Phi) is 4.18. The van der Waals surface area contributed by atoms with Gasteiger partial charge in [0.15, 0.2) is 0 Å². The smallest absolute Gasteiger partial charge is 0.309 e. The van der Waals surface area contributed by atoms with Gasteiger partial charge < -0.3 is 14.9 Å². The Labute approximate surface area is 118 Å². The first-order chi connectivity index (χ1) is 9.44. The topological polar surface area (TPSA) is 70.0 Å². The molecule has 1 heterocycles. The molecule has 5 nitrogen and oxygen atoms in total. The third-order valence-electron chi connectivity index (χ3n) is 4.16. The van der Waals surface area contributed by atoms with Crippen LogP contribution < -0.4 is 4.74 Å². The Morgan fingerprint density at radius 2 is 2.05 bits per heavy atom. The molecule has 0 spiro atoms. The number of phenols is 1. The van der Waals surface area contributed by atoms with Crippen LogP contribution in [-0.4, -0.2) is 41.3 Å². The van der Waals surface area contributed by atoms with E-state index in [1.807, 2.05) is 12.1 Å². The number of likely N-dealkylation sites (tertiary alicyclic amines) is 1. The van der Waals surface area contributed by atoms with Crippen LogP contribution in [-0.2, 0) is 11.3 Å². The Hall–Kier alpha value is -1.75. The minimum atomic E-state index is -0.718. The third-order valence-corrected chi connectivity index (χ3v) is 4.16. The van der Waals surface area contributed by atoms with E-state index in [0.717, 1.165) is 18.7 Å². The second kappa shape index (κ2) is 5.71. The molecule has 1 aliphatic heterocycles. The summed E-state index contributed by atoms with van der Waals surface area (Å²) in [6.07, 6.45) is 1.28. The summed E-state index contributed by atoms with van der Waals surface area (Å²) in [6.45, 7) is 3.89. The minimum Gasteiger partial charge on any atom is -0.507 e. The zero-order valence-electron chi connectivity index (χ0n) is 11.9. The summed E-state index contributed by atoms with van der Waals surface area (Å²) >= 11 is 0. The largest absolute Gasteiger partial charge is 0.507 e. The number of phenolic OH excluding ortho intramolecular Hbond substituents is 1. The van der Waals surface area contributed by atoms with Gasteiger partial charge in [0.25, 0.3) is 0 Å². The Morgan fingerprint density at radius 3 is 2.55 bits per heavy atom. The molecular weight excluding hydrogens is 258 g/mol. The molecule has 20 heavy (non-hydrogen) atoms. The summed E-state index contributed by atoms with van der Waals surface area (Å²) < 4.78 is 5.05. The zero-order chi connectivity index (χ0) is 14.8. The van der Waals surface area contributed by atoms with Crippen LogP contribution in [0.2, 0.25) is 0 Å². The third kappa shape index (κ3) is 3.04. The molecule has 1 aliphatic rings. The number of methoxy groups -OCH3 is 1. The van der Waals surface area contributed by atoms with Crippen LogP contribution in [0, 0.1) is 5.41 Å². The maximum absolute atomic E-state index is 11.2. The van der Waals surface area contributed by atoms with E-state index in [4.69, 9.17) is 4.74 Å². The normalized spacial score (nSPS) is 18.7. The summed E-state index contributed by atoms with van der Waals surface area (Å²) in [6, 6.07) is 5.26. The molecule has 0 amide bonds. The van der Waals surface area contributed by atoms with E-state index in [1.165, 1.54) is 0 Å². The molecule has 1 saturated heterocycles. The van der Waals surface area contributed by atoms with Crippen molar-refractivity contribution in [3.05, 3.63) is 23.8 Å². The standard InChI is InChI=1S/C15H21NO4/c1-15(14(18)19)5-7-16(8-6-15)10-11-3-4-12(20-2)9-13(11)17/h3-4,9,17H,5-8,10H2,1-2H3,(H,18,19). The molecule has 110 valence electrons. The first kappa shape index (κ1) is 14.7. The highest BCUT2D eigenvalue weighted by Gasteiger charge is 2.36. The first-order valence-electron chi connectivity index (χ1n) is 6.76. The molecule has 0 unspecified atom stereocenters. The van der Waals surface area contributed by atoms with Crippen LogP contribution in [0.4, 0.5) is 0 Å². The predicted molar refractivity (Wildman–Crippen MR) is 74.9 cm³/mol. The summed E-state index contributed by atoms with van der Waals surface area (Å²) in [7, 11) is 1.56. The van der Waals surface area contributed by atoms with Gasteiger partial charge in [0, 0.05) is 18.2 Å². The average molecular weight is 279 g/mol. The molecule has 0 radical (unpaired) electrons. The van der Waals surface area contributed by atoms with Crippen LogP contribution in [0.3, 0.4) is 0 Å². The molecule has 2 rings (SSSR count). The molecule has 1 fully saturated rings. The second-order valence-electron chi connectivity index (χ2n) is 5.64. The number of ether oxygens (including phenoxy) is 1. The molecule has 2 N–H and O–H groups in total. The number of carbonyl (C=O) groups is 1. The molecule has 0 atom stereocenters. The van der Waals surface area contributed by atoms with Crippen molar-refractivity contribution in [3.8, 4) is 11.5 Å². The van der Waals surface area contributed by atoms with Crippen LogP contribution in [0.5, 0.6) is 11.5 Å². The lowest BCUT2D eigenvalue weighted by Gasteiger charge is -2.36. The van der Waals surface area contributed by atoms with Crippen molar-refractivity contribution >= 4 is 5.97 Å². The van der Waals surface area contributed by atoms with Crippen LogP contribution in [0.25, 0.3) is 0 Å². The number of hydrogen-bond acceptors (Lipinski definition) is 4. The van der Waals surface area contributed by atoms with Gasteiger partial charge in [0.05, 0.1) is 12.5 Å². The number of rotatable bonds is 4. The van der Waals surface area contributed by atoms with Gasteiger partial charge in [-0.05, 0) is 38.9 Å². The van der Waals surface area contributed by atoms with E-state index in [9.17, 15) is 15.0 Å². The average Bonchev–Trinajstić information content (AvgIpc) is 2.43. The number of aromatic hydroxyl groups is 1. The van der Waals surface area contributed by atoms with E-state index < -0.39 is 11.4 Å². The maximum Gasteiger partial charge on any atom is 0.309 e. The van der Waals surface area contributed by atoms with Crippen molar-refractivity contribution in [3.63, 3.8) is 0 Å². The van der Waals surface area contributed by atoms with Gasteiger partial charge in [-0.25, -0.2) is 0 Å². The van der Waals surface area contributed by atoms with Gasteiger partial charge in [-0.2, -0.15) is 0 Å².